The van der Waals surface area contributed by atoms with Crippen LogP contribution in [0.25, 0.3) is 17.2 Å². The highest BCUT2D eigenvalue weighted by atomic mass is 19.1. The molecule has 0 spiro atoms. The van der Waals surface area contributed by atoms with E-state index in [1.54, 1.807) is 16.6 Å². The maximum Gasteiger partial charge on any atom is 0.224 e. The van der Waals surface area contributed by atoms with E-state index in [-0.39, 0.29) is 11.8 Å². The molecule has 1 aromatic carbocycles. The molecule has 0 radical (unpaired) electrons. The lowest BCUT2D eigenvalue weighted by Gasteiger charge is -2.04. The topological polar surface area (TPSA) is 82.2 Å². The van der Waals surface area contributed by atoms with Gasteiger partial charge in [0, 0.05) is 12.0 Å². The van der Waals surface area contributed by atoms with Crippen molar-refractivity contribution < 1.29 is 8.81 Å². The van der Waals surface area contributed by atoms with Crippen LogP contribution in [0.1, 0.15) is 22.6 Å². The van der Waals surface area contributed by atoms with Crippen LogP contribution in [-0.4, -0.2) is 19.6 Å². The van der Waals surface area contributed by atoms with E-state index in [9.17, 15) is 4.39 Å². The monoisotopic (exact) mass is 337 g/mol. The lowest BCUT2D eigenvalue weighted by atomic mass is 10.1. The summed E-state index contributed by atoms with van der Waals surface area (Å²) in [5.41, 5.74) is 9.23. The number of hydrogen-bond acceptors (Lipinski definition) is 5. The molecule has 25 heavy (non-hydrogen) atoms. The summed E-state index contributed by atoms with van der Waals surface area (Å²) in [6, 6.07) is 10.1. The molecule has 4 aromatic rings. The Hall–Kier alpha value is -3.22. The number of hydrogen-bond donors (Lipinski definition) is 1. The average molecular weight is 337 g/mol. The molecule has 0 saturated carbocycles. The van der Waals surface area contributed by atoms with Crippen LogP contribution in [-0.2, 0) is 6.42 Å². The number of halogens is 1. The van der Waals surface area contributed by atoms with Gasteiger partial charge in [0.2, 0.25) is 11.8 Å². The summed E-state index contributed by atoms with van der Waals surface area (Å²) < 4.78 is 20.4. The van der Waals surface area contributed by atoms with Crippen LogP contribution in [0.4, 0.5) is 10.3 Å². The minimum Gasteiger partial charge on any atom is -0.458 e. The quantitative estimate of drug-likeness (QED) is 0.620. The van der Waals surface area contributed by atoms with Crippen LogP contribution in [0.3, 0.4) is 0 Å². The second-order valence-electron chi connectivity index (χ2n) is 5.92. The van der Waals surface area contributed by atoms with E-state index < -0.39 is 0 Å². The molecule has 4 rings (SSSR count). The number of furan rings is 1. The van der Waals surface area contributed by atoms with E-state index in [1.807, 2.05) is 26.0 Å². The number of rotatable bonds is 3. The first-order valence-electron chi connectivity index (χ1n) is 7.84. The van der Waals surface area contributed by atoms with Gasteiger partial charge < -0.3 is 10.2 Å². The van der Waals surface area contributed by atoms with Crippen molar-refractivity contribution in [2.75, 3.05) is 5.73 Å². The van der Waals surface area contributed by atoms with Crippen LogP contribution in [0, 0.1) is 19.7 Å². The molecule has 0 amide bonds. The molecular formula is C18H16FN5O. The Labute approximate surface area is 143 Å². The molecule has 0 aliphatic heterocycles. The van der Waals surface area contributed by atoms with Crippen molar-refractivity contribution in [3.63, 3.8) is 0 Å². The zero-order chi connectivity index (χ0) is 17.6. The van der Waals surface area contributed by atoms with E-state index in [0.29, 0.717) is 23.7 Å². The number of aromatic nitrogens is 4. The van der Waals surface area contributed by atoms with Gasteiger partial charge >= 0.3 is 0 Å². The maximum absolute atomic E-state index is 13.1. The molecule has 0 aliphatic rings. The van der Waals surface area contributed by atoms with Crippen LogP contribution in [0.5, 0.6) is 0 Å². The Morgan fingerprint density at radius 3 is 2.52 bits per heavy atom. The summed E-state index contributed by atoms with van der Waals surface area (Å²) in [7, 11) is 0. The average Bonchev–Trinajstić information content (AvgIpc) is 3.13. The van der Waals surface area contributed by atoms with Gasteiger partial charge in [-0.2, -0.15) is 19.6 Å². The van der Waals surface area contributed by atoms with Crippen molar-refractivity contribution in [3.05, 3.63) is 64.8 Å². The van der Waals surface area contributed by atoms with Gasteiger partial charge in [-0.15, -0.1) is 0 Å². The molecule has 0 bridgehead atoms. The van der Waals surface area contributed by atoms with Crippen molar-refractivity contribution in [1.82, 2.24) is 19.6 Å². The molecule has 7 heteroatoms. The lowest BCUT2D eigenvalue weighted by Crippen LogP contribution is -2.05. The third-order valence-electron chi connectivity index (χ3n) is 4.05. The fraction of sp³-hybridized carbons (Fsp3) is 0.167. The Morgan fingerprint density at radius 1 is 1.08 bits per heavy atom. The van der Waals surface area contributed by atoms with E-state index in [0.717, 1.165) is 22.6 Å². The Balaban J connectivity index is 1.87. The zero-order valence-electron chi connectivity index (χ0n) is 13.8. The molecule has 3 heterocycles. The number of nitrogen functional groups attached to an aromatic ring is 1. The maximum atomic E-state index is 13.1. The normalized spacial score (nSPS) is 11.3. The Morgan fingerprint density at radius 2 is 1.84 bits per heavy atom. The standard InChI is InChI=1S/C18H16FN5O/c1-10-3-8-15(25-10)17-22-18(20)21-16-14(11(2)23-24(16)17)9-12-4-6-13(19)7-5-12/h3-8H,9H2,1-2H3,(H2,20,21). The molecule has 0 saturated heterocycles. The summed E-state index contributed by atoms with van der Waals surface area (Å²) in [6.45, 7) is 3.76. The summed E-state index contributed by atoms with van der Waals surface area (Å²) in [5, 5.41) is 4.56. The van der Waals surface area contributed by atoms with E-state index >= 15 is 0 Å². The van der Waals surface area contributed by atoms with Crippen LogP contribution in [0.2, 0.25) is 0 Å². The summed E-state index contributed by atoms with van der Waals surface area (Å²) in [4.78, 5) is 8.64. The van der Waals surface area contributed by atoms with Crippen LogP contribution < -0.4 is 5.73 Å². The molecule has 3 aromatic heterocycles. The zero-order valence-corrected chi connectivity index (χ0v) is 13.8. The summed E-state index contributed by atoms with van der Waals surface area (Å²) in [5.74, 6) is 1.74. The van der Waals surface area contributed by atoms with Gasteiger partial charge in [-0.05, 0) is 43.7 Å². The highest BCUT2D eigenvalue weighted by molar-refractivity contribution is 5.61. The van der Waals surface area contributed by atoms with Crippen molar-refractivity contribution in [2.24, 2.45) is 0 Å². The van der Waals surface area contributed by atoms with E-state index in [1.165, 1.54) is 12.1 Å². The van der Waals surface area contributed by atoms with Crippen molar-refractivity contribution in [2.45, 2.75) is 20.3 Å². The smallest absolute Gasteiger partial charge is 0.224 e. The lowest BCUT2D eigenvalue weighted by molar-refractivity contribution is 0.541. The van der Waals surface area contributed by atoms with Crippen molar-refractivity contribution >= 4 is 11.6 Å². The first kappa shape index (κ1) is 15.3. The molecule has 0 atom stereocenters. The predicted molar refractivity (Wildman–Crippen MR) is 91.6 cm³/mol. The van der Waals surface area contributed by atoms with Gasteiger partial charge in [-0.3, -0.25) is 0 Å². The largest absolute Gasteiger partial charge is 0.458 e. The molecule has 0 unspecified atom stereocenters. The Kier molecular flexibility index (Phi) is 3.49. The molecular weight excluding hydrogens is 321 g/mol. The second kappa shape index (κ2) is 5.70. The van der Waals surface area contributed by atoms with Gasteiger partial charge in [0.1, 0.15) is 11.6 Å². The first-order chi connectivity index (χ1) is 12.0. The number of aryl methyl sites for hydroxylation is 2. The second-order valence-corrected chi connectivity index (χ2v) is 5.92. The van der Waals surface area contributed by atoms with Crippen molar-refractivity contribution in [1.29, 1.82) is 0 Å². The minimum absolute atomic E-state index is 0.150. The highest BCUT2D eigenvalue weighted by Gasteiger charge is 2.18. The van der Waals surface area contributed by atoms with Gasteiger partial charge in [-0.1, -0.05) is 12.1 Å². The predicted octanol–water partition coefficient (Wildman–Crippen LogP) is 3.31. The van der Waals surface area contributed by atoms with Gasteiger partial charge in [0.05, 0.1) is 5.69 Å². The summed E-state index contributed by atoms with van der Waals surface area (Å²) in [6.07, 6.45) is 0.572. The molecule has 126 valence electrons. The third-order valence-corrected chi connectivity index (χ3v) is 4.05. The number of anilines is 1. The highest BCUT2D eigenvalue weighted by Crippen LogP contribution is 2.25. The number of nitrogens with two attached hydrogens (primary N) is 1. The van der Waals surface area contributed by atoms with Crippen LogP contribution >= 0.6 is 0 Å². The number of nitrogens with zero attached hydrogens (tertiary/aromatic N) is 4. The van der Waals surface area contributed by atoms with Gasteiger partial charge in [0.15, 0.2) is 11.4 Å². The first-order valence-corrected chi connectivity index (χ1v) is 7.84. The third kappa shape index (κ3) is 2.73. The Bertz CT molecular complexity index is 1070. The SMILES string of the molecule is Cc1ccc(-c2nc(N)nc3c(Cc4ccc(F)cc4)c(C)nn23)o1. The number of fused-ring (bicyclic) bond motifs is 1. The number of benzene rings is 1. The summed E-state index contributed by atoms with van der Waals surface area (Å²) >= 11 is 0. The van der Waals surface area contributed by atoms with Gasteiger partial charge in [-0.25, -0.2) is 4.39 Å². The van der Waals surface area contributed by atoms with E-state index in [2.05, 4.69) is 15.1 Å². The fourth-order valence-corrected chi connectivity index (χ4v) is 2.83. The molecule has 0 fully saturated rings. The van der Waals surface area contributed by atoms with Crippen molar-refractivity contribution in [3.8, 4) is 11.6 Å². The molecule has 0 aliphatic carbocycles. The molecule has 6 nitrogen and oxygen atoms in total. The molecule has 2 N–H and O–H groups in total. The fourth-order valence-electron chi connectivity index (χ4n) is 2.83. The van der Waals surface area contributed by atoms with Gasteiger partial charge in [0.25, 0.3) is 0 Å². The van der Waals surface area contributed by atoms with E-state index in [4.69, 9.17) is 10.2 Å². The van der Waals surface area contributed by atoms with Crippen LogP contribution in [0.15, 0.2) is 40.8 Å². The minimum atomic E-state index is -0.262.